The van der Waals surface area contributed by atoms with Crippen molar-refractivity contribution in [3.05, 3.63) is 11.7 Å². The highest BCUT2D eigenvalue weighted by atomic mass is 16.5. The second-order valence-corrected chi connectivity index (χ2v) is 3.58. The number of rotatable bonds is 6. The van der Waals surface area contributed by atoms with Crippen LogP contribution < -0.4 is 5.32 Å². The number of methoxy groups -OCH3 is 1. The molecule has 5 heteroatoms. The molecule has 0 saturated heterocycles. The van der Waals surface area contributed by atoms with Gasteiger partial charge in [0.1, 0.15) is 6.10 Å². The largest absolute Gasteiger partial charge is 0.374 e. The lowest BCUT2D eigenvalue weighted by Gasteiger charge is -2.05. The predicted octanol–water partition coefficient (Wildman–Crippen LogP) is 1.49. The summed E-state index contributed by atoms with van der Waals surface area (Å²) in [5.41, 5.74) is 0. The third-order valence-corrected chi connectivity index (χ3v) is 2.30. The Labute approximate surface area is 90.2 Å². The van der Waals surface area contributed by atoms with Gasteiger partial charge in [0.25, 0.3) is 0 Å². The average molecular weight is 213 g/mol. The third kappa shape index (κ3) is 3.28. The summed E-state index contributed by atoms with van der Waals surface area (Å²) in [7, 11) is 1.63. The summed E-state index contributed by atoms with van der Waals surface area (Å²) in [6.45, 7) is 7.80. The van der Waals surface area contributed by atoms with Gasteiger partial charge in [0.2, 0.25) is 5.89 Å². The molecule has 0 saturated carbocycles. The quantitative estimate of drug-likeness (QED) is 0.775. The zero-order chi connectivity index (χ0) is 11.3. The molecule has 0 aliphatic rings. The van der Waals surface area contributed by atoms with Crippen LogP contribution in [0.5, 0.6) is 0 Å². The molecule has 5 nitrogen and oxygen atoms in total. The van der Waals surface area contributed by atoms with Gasteiger partial charge >= 0.3 is 0 Å². The molecule has 2 atom stereocenters. The highest BCUT2D eigenvalue weighted by Gasteiger charge is 2.16. The van der Waals surface area contributed by atoms with Crippen molar-refractivity contribution in [2.24, 2.45) is 0 Å². The zero-order valence-electron chi connectivity index (χ0n) is 9.78. The minimum absolute atomic E-state index is 0.117. The summed E-state index contributed by atoms with van der Waals surface area (Å²) in [6, 6.07) is 0. The Morgan fingerprint density at radius 2 is 2.20 bits per heavy atom. The molecule has 0 aromatic carbocycles. The molecule has 2 unspecified atom stereocenters. The van der Waals surface area contributed by atoms with Gasteiger partial charge in [-0.2, -0.15) is 4.98 Å². The van der Waals surface area contributed by atoms with Crippen molar-refractivity contribution < 1.29 is 9.26 Å². The molecule has 86 valence electrons. The molecular weight excluding hydrogens is 194 g/mol. The number of likely N-dealkylation sites (N-methyl/N-ethyl adjacent to an activating group) is 1. The molecule has 0 bridgehead atoms. The van der Waals surface area contributed by atoms with Crippen molar-refractivity contribution in [2.45, 2.75) is 32.8 Å². The first-order chi connectivity index (χ1) is 7.19. The Hall–Kier alpha value is -0.940. The van der Waals surface area contributed by atoms with E-state index in [0.717, 1.165) is 13.1 Å². The van der Waals surface area contributed by atoms with E-state index in [1.807, 2.05) is 6.92 Å². The summed E-state index contributed by atoms with van der Waals surface area (Å²) < 4.78 is 10.3. The lowest BCUT2D eigenvalue weighted by atomic mass is 10.2. The van der Waals surface area contributed by atoms with Crippen LogP contribution in [0.3, 0.4) is 0 Å². The van der Waals surface area contributed by atoms with Crippen LogP contribution >= 0.6 is 0 Å². The number of aromatic nitrogens is 2. The zero-order valence-corrected chi connectivity index (χ0v) is 9.78. The van der Waals surface area contributed by atoms with Crippen molar-refractivity contribution in [2.75, 3.05) is 20.2 Å². The maximum atomic E-state index is 5.17. The number of nitrogens with one attached hydrogen (secondary N) is 1. The van der Waals surface area contributed by atoms with E-state index in [-0.39, 0.29) is 12.0 Å². The van der Waals surface area contributed by atoms with E-state index in [1.165, 1.54) is 0 Å². The number of nitrogens with zero attached hydrogens (tertiary/aromatic N) is 2. The normalized spacial score (nSPS) is 15.2. The highest BCUT2D eigenvalue weighted by Crippen LogP contribution is 2.16. The fourth-order valence-corrected chi connectivity index (χ4v) is 1.17. The van der Waals surface area contributed by atoms with Crippen molar-refractivity contribution in [1.29, 1.82) is 0 Å². The molecule has 1 rings (SSSR count). The average Bonchev–Trinajstić information content (AvgIpc) is 2.74. The Morgan fingerprint density at radius 1 is 1.47 bits per heavy atom. The van der Waals surface area contributed by atoms with E-state index in [0.29, 0.717) is 11.7 Å². The van der Waals surface area contributed by atoms with Gasteiger partial charge in [0.05, 0.1) is 0 Å². The first-order valence-corrected chi connectivity index (χ1v) is 5.26. The molecular formula is C10H19N3O2. The summed E-state index contributed by atoms with van der Waals surface area (Å²) >= 11 is 0. The minimum atomic E-state index is -0.117. The van der Waals surface area contributed by atoms with E-state index >= 15 is 0 Å². The summed E-state index contributed by atoms with van der Waals surface area (Å²) in [6.07, 6.45) is -0.117. The molecule has 1 heterocycles. The Bertz CT molecular complexity index is 288. The van der Waals surface area contributed by atoms with Gasteiger partial charge in [-0.15, -0.1) is 0 Å². The van der Waals surface area contributed by atoms with Crippen LogP contribution in [0.2, 0.25) is 0 Å². The van der Waals surface area contributed by atoms with E-state index in [1.54, 1.807) is 7.11 Å². The maximum absolute atomic E-state index is 5.17. The van der Waals surface area contributed by atoms with Gasteiger partial charge in [-0.05, 0) is 13.5 Å². The lowest BCUT2D eigenvalue weighted by molar-refractivity contribution is 0.109. The van der Waals surface area contributed by atoms with Crippen LogP contribution in [0, 0.1) is 0 Å². The van der Waals surface area contributed by atoms with Crippen molar-refractivity contribution in [3.8, 4) is 0 Å². The molecule has 0 spiro atoms. The number of hydrogen-bond donors (Lipinski definition) is 1. The standard InChI is InChI=1S/C10H19N3O2/c1-5-11-6-7(2)10-12-9(13-15-10)8(3)14-4/h7-8,11H,5-6H2,1-4H3. The highest BCUT2D eigenvalue weighted by molar-refractivity contribution is 4.95. The van der Waals surface area contributed by atoms with Crippen LogP contribution in [0.1, 0.15) is 44.5 Å². The SMILES string of the molecule is CCNCC(C)c1nc(C(C)OC)no1. The van der Waals surface area contributed by atoms with Crippen molar-refractivity contribution in [3.63, 3.8) is 0 Å². The van der Waals surface area contributed by atoms with Gasteiger partial charge in [-0.25, -0.2) is 0 Å². The van der Waals surface area contributed by atoms with Gasteiger partial charge in [-0.3, -0.25) is 0 Å². The predicted molar refractivity (Wildman–Crippen MR) is 56.7 cm³/mol. The first kappa shape index (κ1) is 12.1. The van der Waals surface area contributed by atoms with E-state index in [2.05, 4.69) is 29.3 Å². The Morgan fingerprint density at radius 3 is 2.80 bits per heavy atom. The van der Waals surface area contributed by atoms with Crippen LogP contribution in [0.4, 0.5) is 0 Å². The molecule has 0 fully saturated rings. The summed E-state index contributed by atoms with van der Waals surface area (Å²) in [5, 5.41) is 7.12. The topological polar surface area (TPSA) is 60.2 Å². The van der Waals surface area contributed by atoms with E-state index < -0.39 is 0 Å². The fraction of sp³-hybridized carbons (Fsp3) is 0.800. The number of hydrogen-bond acceptors (Lipinski definition) is 5. The smallest absolute Gasteiger partial charge is 0.230 e. The Balaban J connectivity index is 2.58. The second kappa shape index (κ2) is 5.82. The summed E-state index contributed by atoms with van der Waals surface area (Å²) in [4.78, 5) is 4.29. The lowest BCUT2D eigenvalue weighted by Crippen LogP contribution is -2.19. The van der Waals surface area contributed by atoms with Crippen LogP contribution in [-0.2, 0) is 4.74 Å². The second-order valence-electron chi connectivity index (χ2n) is 3.58. The fourth-order valence-electron chi connectivity index (χ4n) is 1.17. The van der Waals surface area contributed by atoms with Crippen LogP contribution in [0.25, 0.3) is 0 Å². The van der Waals surface area contributed by atoms with Crippen LogP contribution in [0.15, 0.2) is 4.52 Å². The first-order valence-electron chi connectivity index (χ1n) is 5.26. The molecule has 15 heavy (non-hydrogen) atoms. The van der Waals surface area contributed by atoms with Gasteiger partial charge in [0.15, 0.2) is 5.82 Å². The third-order valence-electron chi connectivity index (χ3n) is 2.30. The molecule has 0 aliphatic heterocycles. The van der Waals surface area contributed by atoms with Gasteiger partial charge in [-0.1, -0.05) is 19.0 Å². The van der Waals surface area contributed by atoms with Crippen molar-refractivity contribution in [1.82, 2.24) is 15.5 Å². The molecule has 1 N–H and O–H groups in total. The van der Waals surface area contributed by atoms with Gasteiger partial charge in [0, 0.05) is 19.6 Å². The maximum Gasteiger partial charge on any atom is 0.230 e. The monoisotopic (exact) mass is 213 g/mol. The summed E-state index contributed by atoms with van der Waals surface area (Å²) in [5.74, 6) is 1.50. The van der Waals surface area contributed by atoms with Crippen molar-refractivity contribution >= 4 is 0 Å². The van der Waals surface area contributed by atoms with Gasteiger partial charge < -0.3 is 14.6 Å². The molecule has 0 amide bonds. The van der Waals surface area contributed by atoms with E-state index in [9.17, 15) is 0 Å². The molecule has 1 aromatic rings. The van der Waals surface area contributed by atoms with Crippen LogP contribution in [-0.4, -0.2) is 30.3 Å². The Kier molecular flexibility index (Phi) is 4.71. The minimum Gasteiger partial charge on any atom is -0.374 e. The molecule has 1 aromatic heterocycles. The van der Waals surface area contributed by atoms with E-state index in [4.69, 9.17) is 9.26 Å². The number of ether oxygens (including phenoxy) is 1. The molecule has 0 radical (unpaired) electrons. The molecule has 0 aliphatic carbocycles.